The smallest absolute Gasteiger partial charge is 0.225 e. The third-order valence-corrected chi connectivity index (χ3v) is 3.96. The molecular weight excluding hydrogens is 254 g/mol. The van der Waals surface area contributed by atoms with Gasteiger partial charge in [0.2, 0.25) is 5.91 Å². The maximum absolute atomic E-state index is 12.1. The monoisotopic (exact) mass is 275 g/mol. The average molecular weight is 276 g/mol. The fourth-order valence-corrected chi connectivity index (χ4v) is 2.64. The third kappa shape index (κ3) is 3.47. The standard InChI is InChI=1S/C12H22BrNO/c1-9(2)10(3)12(15)14-7-5-11(8-14)4-6-13/h9-11H,4-8H2,1-3H3. The van der Waals surface area contributed by atoms with Crippen LogP contribution in [0.15, 0.2) is 0 Å². The summed E-state index contributed by atoms with van der Waals surface area (Å²) in [6.07, 6.45) is 2.38. The van der Waals surface area contributed by atoms with Crippen LogP contribution >= 0.6 is 15.9 Å². The molecule has 0 N–H and O–H groups in total. The van der Waals surface area contributed by atoms with Gasteiger partial charge in [0.25, 0.3) is 0 Å². The van der Waals surface area contributed by atoms with Crippen molar-refractivity contribution >= 4 is 21.8 Å². The first kappa shape index (κ1) is 13.0. The molecule has 1 amide bonds. The van der Waals surface area contributed by atoms with Crippen LogP contribution in [0.4, 0.5) is 0 Å². The molecule has 15 heavy (non-hydrogen) atoms. The Balaban J connectivity index is 2.43. The van der Waals surface area contributed by atoms with E-state index in [1.165, 1.54) is 12.8 Å². The van der Waals surface area contributed by atoms with Crippen LogP contribution in [0.5, 0.6) is 0 Å². The number of rotatable bonds is 4. The third-order valence-electron chi connectivity index (χ3n) is 3.50. The second-order valence-electron chi connectivity index (χ2n) is 4.95. The lowest BCUT2D eigenvalue weighted by molar-refractivity contribution is -0.135. The molecule has 1 saturated heterocycles. The fraction of sp³-hybridized carbons (Fsp3) is 0.917. The lowest BCUT2D eigenvalue weighted by Gasteiger charge is -2.23. The first-order valence-corrected chi connectivity index (χ1v) is 7.03. The molecule has 2 atom stereocenters. The number of alkyl halides is 1. The summed E-state index contributed by atoms with van der Waals surface area (Å²) in [7, 11) is 0. The molecule has 0 saturated carbocycles. The van der Waals surface area contributed by atoms with Crippen molar-refractivity contribution < 1.29 is 4.79 Å². The molecule has 1 aliphatic heterocycles. The molecule has 0 aliphatic carbocycles. The van der Waals surface area contributed by atoms with Crippen molar-refractivity contribution in [2.24, 2.45) is 17.8 Å². The molecule has 0 aromatic carbocycles. The van der Waals surface area contributed by atoms with E-state index in [2.05, 4.69) is 34.7 Å². The molecule has 1 rings (SSSR count). The van der Waals surface area contributed by atoms with Gasteiger partial charge >= 0.3 is 0 Å². The molecule has 1 heterocycles. The largest absolute Gasteiger partial charge is 0.342 e. The molecule has 0 radical (unpaired) electrons. The topological polar surface area (TPSA) is 20.3 Å². The van der Waals surface area contributed by atoms with Crippen molar-refractivity contribution in [3.8, 4) is 0 Å². The summed E-state index contributed by atoms with van der Waals surface area (Å²) in [6.45, 7) is 8.23. The molecule has 0 aromatic heterocycles. The molecule has 1 aliphatic rings. The van der Waals surface area contributed by atoms with E-state index in [0.29, 0.717) is 17.7 Å². The Morgan fingerprint density at radius 1 is 1.47 bits per heavy atom. The van der Waals surface area contributed by atoms with Crippen LogP contribution in [0, 0.1) is 17.8 Å². The van der Waals surface area contributed by atoms with Gasteiger partial charge in [-0.15, -0.1) is 0 Å². The summed E-state index contributed by atoms with van der Waals surface area (Å²) in [5.41, 5.74) is 0. The number of hydrogen-bond acceptors (Lipinski definition) is 1. The Kier molecular flexibility index (Phi) is 5.10. The maximum Gasteiger partial charge on any atom is 0.225 e. The van der Waals surface area contributed by atoms with E-state index >= 15 is 0 Å². The van der Waals surface area contributed by atoms with Crippen LogP contribution < -0.4 is 0 Å². The number of nitrogens with zero attached hydrogens (tertiary/aromatic N) is 1. The minimum absolute atomic E-state index is 0.174. The number of amides is 1. The summed E-state index contributed by atoms with van der Waals surface area (Å²) in [4.78, 5) is 14.1. The lowest BCUT2D eigenvalue weighted by Crippen LogP contribution is -2.35. The van der Waals surface area contributed by atoms with E-state index < -0.39 is 0 Å². The quantitative estimate of drug-likeness (QED) is 0.723. The highest BCUT2D eigenvalue weighted by atomic mass is 79.9. The summed E-state index contributed by atoms with van der Waals surface area (Å²) < 4.78 is 0. The van der Waals surface area contributed by atoms with Crippen molar-refractivity contribution in [1.82, 2.24) is 4.90 Å². The van der Waals surface area contributed by atoms with Crippen molar-refractivity contribution in [2.45, 2.75) is 33.6 Å². The number of likely N-dealkylation sites (tertiary alicyclic amines) is 1. The number of halogens is 1. The van der Waals surface area contributed by atoms with Crippen LogP contribution in [0.25, 0.3) is 0 Å². The molecular formula is C12H22BrNO. The molecule has 3 heteroatoms. The molecule has 1 fully saturated rings. The van der Waals surface area contributed by atoms with Crippen molar-refractivity contribution in [3.63, 3.8) is 0 Å². The van der Waals surface area contributed by atoms with Gasteiger partial charge in [0.05, 0.1) is 0 Å². The Morgan fingerprint density at radius 3 is 2.67 bits per heavy atom. The van der Waals surface area contributed by atoms with Gasteiger partial charge in [-0.2, -0.15) is 0 Å². The zero-order valence-electron chi connectivity index (χ0n) is 10.0. The summed E-state index contributed by atoms with van der Waals surface area (Å²) in [5, 5.41) is 1.05. The Hall–Kier alpha value is -0.0500. The molecule has 0 spiro atoms. The maximum atomic E-state index is 12.1. The fourth-order valence-electron chi connectivity index (χ4n) is 2.00. The Bertz CT molecular complexity index is 218. The van der Waals surface area contributed by atoms with Crippen LogP contribution in [0.1, 0.15) is 33.6 Å². The van der Waals surface area contributed by atoms with Gasteiger partial charge in [-0.1, -0.05) is 36.7 Å². The Morgan fingerprint density at radius 2 is 2.13 bits per heavy atom. The molecule has 0 aromatic rings. The zero-order chi connectivity index (χ0) is 11.4. The minimum atomic E-state index is 0.174. The van der Waals surface area contributed by atoms with Crippen molar-refractivity contribution in [2.75, 3.05) is 18.4 Å². The van der Waals surface area contributed by atoms with E-state index in [1.807, 2.05) is 6.92 Å². The van der Waals surface area contributed by atoms with Gasteiger partial charge < -0.3 is 4.90 Å². The minimum Gasteiger partial charge on any atom is -0.342 e. The van der Waals surface area contributed by atoms with Gasteiger partial charge in [-0.3, -0.25) is 4.79 Å². The van der Waals surface area contributed by atoms with Gasteiger partial charge in [-0.25, -0.2) is 0 Å². The van der Waals surface area contributed by atoms with Crippen LogP contribution in [0.3, 0.4) is 0 Å². The van der Waals surface area contributed by atoms with Gasteiger partial charge in [0.15, 0.2) is 0 Å². The Labute approximate surface area is 102 Å². The zero-order valence-corrected chi connectivity index (χ0v) is 11.6. The van der Waals surface area contributed by atoms with Crippen LogP contribution in [0.2, 0.25) is 0 Å². The van der Waals surface area contributed by atoms with E-state index in [1.54, 1.807) is 0 Å². The molecule has 2 nitrogen and oxygen atoms in total. The van der Waals surface area contributed by atoms with Gasteiger partial charge in [0, 0.05) is 24.3 Å². The summed E-state index contributed by atoms with van der Waals surface area (Å²) in [5.74, 6) is 1.69. The van der Waals surface area contributed by atoms with E-state index in [0.717, 1.165) is 18.4 Å². The number of carbonyl (C=O) groups excluding carboxylic acids is 1. The first-order chi connectivity index (χ1) is 7.06. The first-order valence-electron chi connectivity index (χ1n) is 5.91. The summed E-state index contributed by atoms with van der Waals surface area (Å²) >= 11 is 3.47. The predicted molar refractivity (Wildman–Crippen MR) is 67.1 cm³/mol. The average Bonchev–Trinajstić information content (AvgIpc) is 2.64. The van der Waals surface area contributed by atoms with E-state index in [4.69, 9.17) is 0 Å². The summed E-state index contributed by atoms with van der Waals surface area (Å²) in [6, 6.07) is 0. The van der Waals surface area contributed by atoms with Crippen LogP contribution in [-0.2, 0) is 4.79 Å². The number of carbonyl (C=O) groups is 1. The second kappa shape index (κ2) is 5.88. The second-order valence-corrected chi connectivity index (χ2v) is 5.74. The SMILES string of the molecule is CC(C)C(C)C(=O)N1CCC(CCBr)C1. The molecule has 0 bridgehead atoms. The normalized spacial score (nSPS) is 23.5. The van der Waals surface area contributed by atoms with E-state index in [-0.39, 0.29) is 5.92 Å². The molecule has 2 unspecified atom stereocenters. The van der Waals surface area contributed by atoms with Crippen molar-refractivity contribution in [3.05, 3.63) is 0 Å². The van der Waals surface area contributed by atoms with Crippen LogP contribution in [-0.4, -0.2) is 29.2 Å². The highest BCUT2D eigenvalue weighted by Gasteiger charge is 2.29. The van der Waals surface area contributed by atoms with Crippen molar-refractivity contribution in [1.29, 1.82) is 0 Å². The highest BCUT2D eigenvalue weighted by molar-refractivity contribution is 9.09. The van der Waals surface area contributed by atoms with E-state index in [9.17, 15) is 4.79 Å². The van der Waals surface area contributed by atoms with Gasteiger partial charge in [-0.05, 0) is 24.7 Å². The number of hydrogen-bond donors (Lipinski definition) is 0. The predicted octanol–water partition coefficient (Wildman–Crippen LogP) is 2.91. The van der Waals surface area contributed by atoms with Gasteiger partial charge in [0.1, 0.15) is 0 Å². The highest BCUT2D eigenvalue weighted by Crippen LogP contribution is 2.23. The molecule has 88 valence electrons. The lowest BCUT2D eigenvalue weighted by atomic mass is 9.97.